The molecule has 0 radical (unpaired) electrons. The molecule has 0 atom stereocenters. The molecule has 0 aromatic heterocycles. The molecule has 0 N–H and O–H groups in total. The third-order valence-electron chi connectivity index (χ3n) is 11.1. The zero-order chi connectivity index (χ0) is 34.9. The van der Waals surface area contributed by atoms with Gasteiger partial charge in [-0.05, 0) is 166 Å². The van der Waals surface area contributed by atoms with Gasteiger partial charge in [-0.1, -0.05) is 67.2 Å². The van der Waals surface area contributed by atoms with Crippen LogP contribution in [0.15, 0.2) is 12.1 Å². The van der Waals surface area contributed by atoms with E-state index in [4.69, 9.17) is 9.47 Å². The van der Waals surface area contributed by atoms with E-state index in [1.807, 2.05) is 13.8 Å². The highest BCUT2D eigenvalue weighted by Gasteiger charge is 2.33. The van der Waals surface area contributed by atoms with E-state index in [1.165, 1.54) is 58.0 Å². The Balaban J connectivity index is 1.92. The SMILES string of the molecule is CCCc1c(CCC)c(CCC)c2cc3c(CC)c4c(c(CC)c3cc2c1CCC)Cc1c(C)c(C(=O)OC)c(C(=O)OC)c(C)c1C4. The maximum absolute atomic E-state index is 13.1. The zero-order valence-electron chi connectivity index (χ0n) is 31.3. The molecular formula is C44H56O4. The summed E-state index contributed by atoms with van der Waals surface area (Å²) in [6, 6.07) is 5.16. The fourth-order valence-electron chi connectivity index (χ4n) is 9.06. The molecule has 0 saturated carbocycles. The minimum absolute atomic E-state index is 0.337. The van der Waals surface area contributed by atoms with Gasteiger partial charge in [-0.15, -0.1) is 0 Å². The van der Waals surface area contributed by atoms with Crippen LogP contribution in [0, 0.1) is 13.8 Å². The molecule has 0 amide bonds. The second kappa shape index (κ2) is 14.8. The first-order chi connectivity index (χ1) is 23.2. The molecule has 0 fully saturated rings. The van der Waals surface area contributed by atoms with Gasteiger partial charge in [0.05, 0.1) is 25.3 Å². The lowest BCUT2D eigenvalue weighted by Gasteiger charge is -2.31. The van der Waals surface area contributed by atoms with Crippen molar-refractivity contribution >= 4 is 33.5 Å². The predicted molar refractivity (Wildman–Crippen MR) is 200 cm³/mol. The third-order valence-corrected chi connectivity index (χ3v) is 11.1. The average Bonchev–Trinajstić information content (AvgIpc) is 3.09. The quantitative estimate of drug-likeness (QED) is 0.0998. The van der Waals surface area contributed by atoms with Gasteiger partial charge in [0.15, 0.2) is 0 Å². The van der Waals surface area contributed by atoms with Crippen LogP contribution >= 0.6 is 0 Å². The molecule has 48 heavy (non-hydrogen) atoms. The van der Waals surface area contributed by atoms with Crippen molar-refractivity contribution in [3.8, 4) is 0 Å². The van der Waals surface area contributed by atoms with Crippen LogP contribution in [0.4, 0.5) is 0 Å². The van der Waals surface area contributed by atoms with Crippen LogP contribution in [-0.4, -0.2) is 26.2 Å². The lowest BCUT2D eigenvalue weighted by Crippen LogP contribution is -2.23. The monoisotopic (exact) mass is 648 g/mol. The molecule has 256 valence electrons. The Morgan fingerprint density at radius 1 is 0.500 bits per heavy atom. The summed E-state index contributed by atoms with van der Waals surface area (Å²) in [4.78, 5) is 26.3. The minimum atomic E-state index is -0.490. The van der Waals surface area contributed by atoms with Gasteiger partial charge in [-0.3, -0.25) is 0 Å². The molecule has 4 aromatic rings. The van der Waals surface area contributed by atoms with Gasteiger partial charge in [0, 0.05) is 0 Å². The van der Waals surface area contributed by atoms with Gasteiger partial charge in [0.2, 0.25) is 0 Å². The van der Waals surface area contributed by atoms with E-state index in [9.17, 15) is 9.59 Å². The molecule has 0 heterocycles. The summed E-state index contributed by atoms with van der Waals surface area (Å²) in [7, 11) is 2.75. The molecule has 5 rings (SSSR count). The van der Waals surface area contributed by atoms with Crippen molar-refractivity contribution in [1.82, 2.24) is 0 Å². The Morgan fingerprint density at radius 2 is 0.812 bits per heavy atom. The number of aryl methyl sites for hydroxylation is 4. The number of hydrogen-bond acceptors (Lipinski definition) is 4. The van der Waals surface area contributed by atoms with Gasteiger partial charge < -0.3 is 9.47 Å². The van der Waals surface area contributed by atoms with Crippen molar-refractivity contribution in [2.45, 2.75) is 132 Å². The zero-order valence-corrected chi connectivity index (χ0v) is 31.3. The number of benzene rings is 4. The summed E-state index contributed by atoms with van der Waals surface area (Å²) in [5.41, 5.74) is 16.7. The molecule has 4 heteroatoms. The van der Waals surface area contributed by atoms with E-state index in [2.05, 4.69) is 53.7 Å². The average molecular weight is 649 g/mol. The number of carbonyl (C=O) groups is 2. The highest BCUT2D eigenvalue weighted by molar-refractivity contribution is 6.07. The molecule has 4 aromatic carbocycles. The molecule has 0 spiro atoms. The first-order valence-corrected chi connectivity index (χ1v) is 18.6. The van der Waals surface area contributed by atoms with E-state index in [1.54, 1.807) is 22.3 Å². The molecule has 4 nitrogen and oxygen atoms in total. The number of ether oxygens (including phenoxy) is 2. The van der Waals surface area contributed by atoms with Crippen LogP contribution in [0.25, 0.3) is 21.5 Å². The van der Waals surface area contributed by atoms with Crippen LogP contribution in [-0.2, 0) is 60.8 Å². The number of fused-ring (bicyclic) bond motifs is 4. The van der Waals surface area contributed by atoms with Crippen molar-refractivity contribution in [3.05, 3.63) is 90.0 Å². The second-order valence-corrected chi connectivity index (χ2v) is 13.8. The Morgan fingerprint density at radius 3 is 1.10 bits per heavy atom. The summed E-state index contributed by atoms with van der Waals surface area (Å²) in [6.07, 6.45) is 12.5. The first-order valence-electron chi connectivity index (χ1n) is 18.6. The Hall–Kier alpha value is -3.66. The summed E-state index contributed by atoms with van der Waals surface area (Å²) in [5, 5.41) is 5.71. The molecule has 0 saturated heterocycles. The Bertz CT molecular complexity index is 1770. The van der Waals surface area contributed by atoms with Crippen LogP contribution in [0.3, 0.4) is 0 Å². The molecule has 1 aliphatic carbocycles. The first kappa shape index (κ1) is 35.6. The fraction of sp³-hybridized carbons (Fsp3) is 0.500. The van der Waals surface area contributed by atoms with Crippen LogP contribution in [0.2, 0.25) is 0 Å². The lowest BCUT2D eigenvalue weighted by atomic mass is 9.73. The van der Waals surface area contributed by atoms with E-state index >= 15 is 0 Å². The normalized spacial score (nSPS) is 12.4. The van der Waals surface area contributed by atoms with E-state index in [0.717, 1.165) is 99.3 Å². The van der Waals surface area contributed by atoms with Crippen molar-refractivity contribution in [1.29, 1.82) is 0 Å². The van der Waals surface area contributed by atoms with Crippen molar-refractivity contribution in [2.24, 2.45) is 0 Å². The second-order valence-electron chi connectivity index (χ2n) is 13.8. The van der Waals surface area contributed by atoms with Gasteiger partial charge >= 0.3 is 11.9 Å². The van der Waals surface area contributed by atoms with Crippen LogP contribution < -0.4 is 0 Å². The largest absolute Gasteiger partial charge is 0.465 e. The minimum Gasteiger partial charge on any atom is -0.465 e. The number of hydrogen-bond donors (Lipinski definition) is 0. The maximum Gasteiger partial charge on any atom is 0.339 e. The summed E-state index contributed by atoms with van der Waals surface area (Å²) < 4.78 is 10.4. The van der Waals surface area contributed by atoms with Gasteiger partial charge in [-0.2, -0.15) is 0 Å². The van der Waals surface area contributed by atoms with Crippen LogP contribution in [0.5, 0.6) is 0 Å². The van der Waals surface area contributed by atoms with Crippen molar-refractivity contribution < 1.29 is 19.1 Å². The summed E-state index contributed by atoms with van der Waals surface area (Å²) in [5.74, 6) is -0.979. The molecule has 0 unspecified atom stereocenters. The number of esters is 2. The Kier molecular flexibility index (Phi) is 11.0. The number of rotatable bonds is 12. The lowest BCUT2D eigenvalue weighted by molar-refractivity contribution is 0.0553. The van der Waals surface area contributed by atoms with E-state index in [0.29, 0.717) is 11.1 Å². The predicted octanol–water partition coefficient (Wildman–Crippen LogP) is 10.6. The molecule has 0 bridgehead atoms. The van der Waals surface area contributed by atoms with Gasteiger partial charge in [0.25, 0.3) is 0 Å². The number of carbonyl (C=O) groups excluding carboxylic acids is 2. The highest BCUT2D eigenvalue weighted by atomic mass is 16.5. The maximum atomic E-state index is 13.1. The fourth-order valence-corrected chi connectivity index (χ4v) is 9.06. The Labute approximate surface area is 288 Å². The van der Waals surface area contributed by atoms with Gasteiger partial charge in [-0.25, -0.2) is 9.59 Å². The van der Waals surface area contributed by atoms with Crippen LogP contribution in [0.1, 0.15) is 155 Å². The molecular weight excluding hydrogens is 592 g/mol. The summed E-state index contributed by atoms with van der Waals surface area (Å²) >= 11 is 0. The van der Waals surface area contributed by atoms with Gasteiger partial charge in [0.1, 0.15) is 0 Å². The van der Waals surface area contributed by atoms with Crippen molar-refractivity contribution in [3.63, 3.8) is 0 Å². The van der Waals surface area contributed by atoms with E-state index in [-0.39, 0.29) is 0 Å². The van der Waals surface area contributed by atoms with E-state index < -0.39 is 11.9 Å². The molecule has 0 aliphatic heterocycles. The van der Waals surface area contributed by atoms with Crippen molar-refractivity contribution in [2.75, 3.05) is 14.2 Å². The number of methoxy groups -OCH3 is 2. The smallest absolute Gasteiger partial charge is 0.339 e. The third kappa shape index (κ3) is 5.73. The highest BCUT2D eigenvalue weighted by Crippen LogP contribution is 2.45. The standard InChI is InChI=1S/C44H56O4/c1-11-17-29-30(18-12-2)32(20-14-4)40-24-38-28(16-6)36-22-34-26(8)42(44(46)48-10)41(43(45)47-9)25(7)33(34)21-35(36)27(15-5)37(38)23-39(40)31(29)19-13-3/h23-24H,11-22H2,1-10H3. The molecule has 1 aliphatic rings. The summed E-state index contributed by atoms with van der Waals surface area (Å²) in [6.45, 7) is 17.8. The topological polar surface area (TPSA) is 52.6 Å².